The summed E-state index contributed by atoms with van der Waals surface area (Å²) >= 11 is 0. The fraction of sp³-hybridized carbons (Fsp3) is 0.217. The molecule has 3 N–H and O–H groups in total. The van der Waals surface area contributed by atoms with Gasteiger partial charge in [0, 0.05) is 30.1 Å². The Hall–Kier alpha value is -3.58. The van der Waals surface area contributed by atoms with Gasteiger partial charge in [0.25, 0.3) is 0 Å². The van der Waals surface area contributed by atoms with E-state index in [9.17, 15) is 0 Å². The minimum Gasteiger partial charge on any atom is -0.493 e. The number of nitrogens with two attached hydrogens (primary N) is 1. The number of hydrogen-bond donors (Lipinski definition) is 2. The zero-order valence-corrected chi connectivity index (χ0v) is 17.3. The lowest BCUT2D eigenvalue weighted by atomic mass is 10.1. The molecule has 0 amide bonds. The molecular weight excluding hydrogens is 378 g/mol. The molecule has 7 nitrogen and oxygen atoms in total. The Morgan fingerprint density at radius 1 is 0.933 bits per heavy atom. The molecule has 0 aliphatic carbocycles. The summed E-state index contributed by atoms with van der Waals surface area (Å²) in [4.78, 5) is 9.27. The third kappa shape index (κ3) is 3.79. The van der Waals surface area contributed by atoms with Gasteiger partial charge in [-0.2, -0.15) is 0 Å². The van der Waals surface area contributed by atoms with Gasteiger partial charge in [-0.3, -0.25) is 0 Å². The highest BCUT2D eigenvalue weighted by Gasteiger charge is 2.13. The summed E-state index contributed by atoms with van der Waals surface area (Å²) < 4.78 is 12.6. The fourth-order valence-electron chi connectivity index (χ4n) is 3.41. The van der Waals surface area contributed by atoms with Gasteiger partial charge in [0.2, 0.25) is 0 Å². The number of methoxy groups -OCH3 is 2. The van der Waals surface area contributed by atoms with Gasteiger partial charge in [-0.25, -0.2) is 9.97 Å². The first-order valence-corrected chi connectivity index (χ1v) is 9.80. The number of aromatic nitrogens is 3. The zero-order chi connectivity index (χ0) is 21.1. The van der Waals surface area contributed by atoms with Crippen LogP contribution in [0.3, 0.4) is 0 Å². The predicted molar refractivity (Wildman–Crippen MR) is 119 cm³/mol. The van der Waals surface area contributed by atoms with Crippen molar-refractivity contribution in [2.75, 3.05) is 26.5 Å². The van der Waals surface area contributed by atoms with Crippen LogP contribution in [-0.2, 0) is 6.54 Å². The quantitative estimate of drug-likeness (QED) is 0.488. The van der Waals surface area contributed by atoms with Crippen LogP contribution < -0.4 is 20.5 Å². The fourth-order valence-corrected chi connectivity index (χ4v) is 3.41. The molecule has 4 rings (SSSR count). The molecule has 0 aliphatic heterocycles. The predicted octanol–water partition coefficient (Wildman–Crippen LogP) is 3.77. The van der Waals surface area contributed by atoms with Crippen molar-refractivity contribution in [2.45, 2.75) is 13.5 Å². The van der Waals surface area contributed by atoms with E-state index in [0.717, 1.165) is 35.6 Å². The van der Waals surface area contributed by atoms with Crippen LogP contribution >= 0.6 is 0 Å². The third-order valence-electron chi connectivity index (χ3n) is 4.94. The van der Waals surface area contributed by atoms with Crippen molar-refractivity contribution >= 4 is 11.5 Å². The van der Waals surface area contributed by atoms with Crippen LogP contribution in [0.2, 0.25) is 0 Å². The molecule has 2 heterocycles. The van der Waals surface area contributed by atoms with E-state index in [-0.39, 0.29) is 0 Å². The lowest BCUT2D eigenvalue weighted by Crippen LogP contribution is -2.11. The summed E-state index contributed by atoms with van der Waals surface area (Å²) in [5.74, 6) is 1.71. The van der Waals surface area contributed by atoms with Crippen molar-refractivity contribution in [1.29, 1.82) is 0 Å². The van der Waals surface area contributed by atoms with Gasteiger partial charge in [-0.05, 0) is 36.4 Å². The van der Waals surface area contributed by atoms with E-state index >= 15 is 0 Å². The molecule has 0 fully saturated rings. The number of hydrogen-bond acceptors (Lipinski definition) is 6. The second-order valence-electron chi connectivity index (χ2n) is 6.92. The molecule has 0 saturated carbocycles. The van der Waals surface area contributed by atoms with Gasteiger partial charge in [-0.15, -0.1) is 0 Å². The highest BCUT2D eigenvalue weighted by Crippen LogP contribution is 2.32. The summed E-state index contributed by atoms with van der Waals surface area (Å²) in [5.41, 5.74) is 11.6. The van der Waals surface area contributed by atoms with Gasteiger partial charge in [0.15, 0.2) is 23.0 Å². The first-order chi connectivity index (χ1) is 14.6. The number of nitrogens with one attached hydrogen (secondary N) is 1. The highest BCUT2D eigenvalue weighted by molar-refractivity contribution is 5.73. The van der Waals surface area contributed by atoms with Crippen LogP contribution in [0, 0.1) is 0 Å². The Kier molecular flexibility index (Phi) is 5.54. The van der Waals surface area contributed by atoms with Gasteiger partial charge in [0.05, 0.1) is 25.6 Å². The van der Waals surface area contributed by atoms with Gasteiger partial charge in [-0.1, -0.05) is 25.1 Å². The van der Waals surface area contributed by atoms with Gasteiger partial charge in [0.1, 0.15) is 0 Å². The molecule has 0 spiro atoms. The SMILES string of the molecule is CCNCc1cccc(-c2cn3cc(-c4ccc(OC)c(OC)c4)nc3c(N)n2)c1. The van der Waals surface area contributed by atoms with Crippen LogP contribution in [0.15, 0.2) is 54.9 Å². The average molecular weight is 403 g/mol. The smallest absolute Gasteiger partial charge is 0.180 e. The van der Waals surface area contributed by atoms with Crippen molar-refractivity contribution in [1.82, 2.24) is 19.7 Å². The van der Waals surface area contributed by atoms with Crippen LogP contribution in [0.4, 0.5) is 5.82 Å². The van der Waals surface area contributed by atoms with Crippen LogP contribution in [-0.4, -0.2) is 35.1 Å². The Bertz CT molecular complexity index is 1190. The molecule has 4 aromatic rings. The molecule has 0 atom stereocenters. The average Bonchev–Trinajstić information content (AvgIpc) is 3.22. The summed E-state index contributed by atoms with van der Waals surface area (Å²) in [5, 5.41) is 3.34. The molecule has 0 saturated heterocycles. The largest absolute Gasteiger partial charge is 0.493 e. The molecule has 0 aliphatic rings. The monoisotopic (exact) mass is 403 g/mol. The number of fused-ring (bicyclic) bond motifs is 1. The number of benzene rings is 2. The van der Waals surface area contributed by atoms with E-state index in [0.29, 0.717) is 23.0 Å². The number of ether oxygens (including phenoxy) is 2. The molecule has 2 aromatic carbocycles. The van der Waals surface area contributed by atoms with E-state index in [1.54, 1.807) is 14.2 Å². The molecule has 0 bridgehead atoms. The summed E-state index contributed by atoms with van der Waals surface area (Å²) in [6.45, 7) is 3.83. The van der Waals surface area contributed by atoms with Crippen LogP contribution in [0.25, 0.3) is 28.2 Å². The molecule has 30 heavy (non-hydrogen) atoms. The molecule has 0 unspecified atom stereocenters. The normalized spacial score (nSPS) is 11.0. The Morgan fingerprint density at radius 3 is 2.40 bits per heavy atom. The standard InChI is InChI=1S/C23H25N5O2/c1-4-25-12-15-6-5-7-16(10-15)18-13-28-14-19(27-23(28)22(24)26-18)17-8-9-20(29-2)21(11-17)30-3/h5-11,13-14,25H,4,12H2,1-3H3,(H2,24,26). The molecule has 0 radical (unpaired) electrons. The lowest BCUT2D eigenvalue weighted by molar-refractivity contribution is 0.355. The Morgan fingerprint density at radius 2 is 1.67 bits per heavy atom. The van der Waals surface area contributed by atoms with Crippen LogP contribution in [0.5, 0.6) is 11.5 Å². The van der Waals surface area contributed by atoms with Crippen molar-refractivity contribution in [2.24, 2.45) is 0 Å². The van der Waals surface area contributed by atoms with Gasteiger partial charge >= 0.3 is 0 Å². The van der Waals surface area contributed by atoms with Crippen molar-refractivity contribution < 1.29 is 9.47 Å². The minimum absolute atomic E-state index is 0.385. The molecule has 2 aromatic heterocycles. The number of nitrogen functional groups attached to an aromatic ring is 1. The van der Waals surface area contributed by atoms with Crippen LogP contribution in [0.1, 0.15) is 12.5 Å². The first kappa shape index (κ1) is 19.7. The highest BCUT2D eigenvalue weighted by atomic mass is 16.5. The summed E-state index contributed by atoms with van der Waals surface area (Å²) in [6.07, 6.45) is 3.90. The topological polar surface area (TPSA) is 86.7 Å². The number of nitrogens with zero attached hydrogens (tertiary/aromatic N) is 3. The summed E-state index contributed by atoms with van der Waals surface area (Å²) in [7, 11) is 3.23. The van der Waals surface area contributed by atoms with E-state index < -0.39 is 0 Å². The Balaban J connectivity index is 1.74. The Labute approximate surface area is 175 Å². The number of imidazole rings is 1. The van der Waals surface area contributed by atoms with E-state index in [1.165, 1.54) is 5.56 Å². The third-order valence-corrected chi connectivity index (χ3v) is 4.94. The maximum Gasteiger partial charge on any atom is 0.180 e. The number of anilines is 1. The van der Waals surface area contributed by atoms with Crippen molar-refractivity contribution in [3.05, 3.63) is 60.4 Å². The maximum atomic E-state index is 6.25. The molecule has 7 heteroatoms. The molecule has 154 valence electrons. The summed E-state index contributed by atoms with van der Waals surface area (Å²) in [6, 6.07) is 14.0. The van der Waals surface area contributed by atoms with E-state index in [2.05, 4.69) is 34.3 Å². The number of rotatable bonds is 7. The second-order valence-corrected chi connectivity index (χ2v) is 6.92. The maximum absolute atomic E-state index is 6.25. The van der Waals surface area contributed by atoms with E-state index in [1.807, 2.05) is 47.1 Å². The van der Waals surface area contributed by atoms with Crippen molar-refractivity contribution in [3.8, 4) is 34.0 Å². The molecular formula is C23H25N5O2. The first-order valence-electron chi connectivity index (χ1n) is 9.80. The van der Waals surface area contributed by atoms with Gasteiger partial charge < -0.3 is 24.9 Å². The zero-order valence-electron chi connectivity index (χ0n) is 17.3. The second kappa shape index (κ2) is 8.42. The van der Waals surface area contributed by atoms with E-state index in [4.69, 9.17) is 15.2 Å². The minimum atomic E-state index is 0.385. The van der Waals surface area contributed by atoms with Crippen molar-refractivity contribution in [3.63, 3.8) is 0 Å². The lowest BCUT2D eigenvalue weighted by Gasteiger charge is -2.08.